The first-order chi connectivity index (χ1) is 8.00. The van der Waals surface area contributed by atoms with E-state index in [1.54, 1.807) is 0 Å². The van der Waals surface area contributed by atoms with Crippen molar-refractivity contribution in [1.29, 1.82) is 0 Å². The van der Waals surface area contributed by atoms with E-state index in [1.807, 2.05) is 0 Å². The Morgan fingerprint density at radius 1 is 0.414 bits per heavy atom. The Hall–Kier alpha value is 7.53. The van der Waals surface area contributed by atoms with Gasteiger partial charge in [-0.3, -0.25) is 0 Å². The van der Waals surface area contributed by atoms with E-state index in [0.29, 0.717) is 0 Å². The molecule has 0 rings (SSSR count). The van der Waals surface area contributed by atoms with Crippen LogP contribution in [0.2, 0.25) is 0 Å². The van der Waals surface area contributed by atoms with Crippen LogP contribution in [0.25, 0.3) is 0 Å². The van der Waals surface area contributed by atoms with Crippen LogP contribution in [-0.4, -0.2) is 83.8 Å². The van der Waals surface area contributed by atoms with E-state index >= 15 is 0 Å². The van der Waals surface area contributed by atoms with Crippen molar-refractivity contribution >= 4 is 100 Å². The molecule has 152 valence electrons. The SMILES string of the molecule is N.N.N.O=P(O)(O)O.O=P([O-])([O-])[O-].O=P([O-])([O-])[O-].O=P([O-])([O-])[O-].[K+].[K+].[K+].[Mg+2].[Mg+2].[Mg+2]. The molecule has 0 atom stereocenters. The van der Waals surface area contributed by atoms with Gasteiger partial charge >= 0.3 is 231 Å². The van der Waals surface area contributed by atoms with Gasteiger partial charge in [0.05, 0.1) is 0 Å². The molecule has 19 nitrogen and oxygen atoms in total. The Bertz CT molecular complexity index is 319. The zero-order valence-corrected chi connectivity index (χ0v) is 32.9. The number of phosphoric acid groups is 4. The largest absolute Gasteiger partial charge is 2.00 e. The molecule has 0 aliphatic rings. The van der Waals surface area contributed by atoms with Gasteiger partial charge in [-0.2, -0.15) is 23.5 Å². The predicted octanol–water partition coefficient (Wildman–Crippen LogP) is -19.0. The molecule has 0 aromatic rings. The normalized spacial score (nSPS) is 8.14. The molecule has 12 N–H and O–H groups in total. The Labute approximate surface area is 341 Å². The minimum atomic E-state index is -5.39. The van der Waals surface area contributed by atoms with Crippen LogP contribution in [0.4, 0.5) is 0 Å². The van der Waals surface area contributed by atoms with Crippen molar-refractivity contribution in [2.24, 2.45) is 0 Å². The van der Waals surface area contributed by atoms with E-state index in [0.717, 1.165) is 0 Å². The van der Waals surface area contributed by atoms with Gasteiger partial charge in [0.2, 0.25) is 0 Å². The monoisotopic (exact) mass is 623 g/mol. The molecule has 0 aromatic carbocycles. The van der Waals surface area contributed by atoms with Gasteiger partial charge in [0.1, 0.15) is 0 Å². The van der Waals surface area contributed by atoms with Crippen LogP contribution in [0.1, 0.15) is 0 Å². The number of hydrogen-bond donors (Lipinski definition) is 6. The third-order valence-electron chi connectivity index (χ3n) is 0. The molecule has 0 saturated heterocycles. The van der Waals surface area contributed by atoms with Gasteiger partial charge in [-0.15, -0.1) is 0 Å². The summed E-state index contributed by atoms with van der Waals surface area (Å²) in [7, 11) is -20.8. The van der Waals surface area contributed by atoms with E-state index in [-0.39, 0.29) is 242 Å². The summed E-state index contributed by atoms with van der Waals surface area (Å²) >= 11 is 0. The Kier molecular flexibility index (Phi) is 122. The van der Waals surface area contributed by atoms with Gasteiger partial charge in [0, 0.05) is 0 Å². The summed E-state index contributed by atoms with van der Waals surface area (Å²) in [6.07, 6.45) is 0. The predicted molar refractivity (Wildman–Crippen MR) is 69.4 cm³/mol. The Morgan fingerprint density at radius 2 is 0.414 bits per heavy atom. The quantitative estimate of drug-likeness (QED) is 0.108. The van der Waals surface area contributed by atoms with Crippen LogP contribution >= 0.6 is 31.3 Å². The number of rotatable bonds is 0. The minimum absolute atomic E-state index is 0. The molecule has 0 radical (unpaired) electrons. The Morgan fingerprint density at radius 3 is 0.414 bits per heavy atom. The van der Waals surface area contributed by atoms with Gasteiger partial charge in [-0.05, 0) is 0 Å². The van der Waals surface area contributed by atoms with Gasteiger partial charge in [0.15, 0.2) is 0 Å². The summed E-state index contributed by atoms with van der Waals surface area (Å²) in [6.45, 7) is 0. The van der Waals surface area contributed by atoms with Crippen molar-refractivity contribution in [2.45, 2.75) is 0 Å². The molecule has 29 heavy (non-hydrogen) atoms. The molecule has 0 heterocycles. The fourth-order valence-corrected chi connectivity index (χ4v) is 0. The van der Waals surface area contributed by atoms with Crippen LogP contribution in [0.15, 0.2) is 0 Å². The third-order valence-corrected chi connectivity index (χ3v) is 0. The van der Waals surface area contributed by atoms with E-state index in [1.165, 1.54) is 0 Å². The smallest absolute Gasteiger partial charge is 0.822 e. The molecule has 29 heteroatoms. The van der Waals surface area contributed by atoms with E-state index in [2.05, 4.69) is 0 Å². The first kappa shape index (κ1) is 83.3. The topological polar surface area (TPSA) is 442 Å². The second kappa shape index (κ2) is 42.6. The summed E-state index contributed by atoms with van der Waals surface area (Å²) in [5, 5.41) is 0. The van der Waals surface area contributed by atoms with Crippen molar-refractivity contribution in [3.63, 3.8) is 0 Å². The van der Waals surface area contributed by atoms with Crippen LogP contribution in [-0.2, 0) is 18.3 Å². The van der Waals surface area contributed by atoms with Crippen molar-refractivity contribution in [2.75, 3.05) is 0 Å². The van der Waals surface area contributed by atoms with E-state index < -0.39 is 31.3 Å². The molecule has 0 fully saturated rings. The fraction of sp³-hybridized carbons (Fsp3) is 0. The molecule has 0 aromatic heterocycles. The van der Waals surface area contributed by atoms with E-state index in [9.17, 15) is 0 Å². The standard InChI is InChI=1S/3K.3Mg.3H3N.4H3O4P/c;;;;;;;;;4*1-5(2,3)4/h;;;;;;3*1H3;4*(H3,1,2,3,4)/q3*+1;3*+2;;;;;;;/p-9. The molecule has 0 aliphatic heterocycles. The van der Waals surface area contributed by atoms with Crippen molar-refractivity contribution in [1.82, 2.24) is 18.5 Å². The first-order valence-electron chi connectivity index (χ1n) is 2.97. The van der Waals surface area contributed by atoms with Crippen molar-refractivity contribution in [3.05, 3.63) is 0 Å². The number of hydrogen-bond acceptors (Lipinski definition) is 16. The van der Waals surface area contributed by atoms with Gasteiger partial charge < -0.3 is 90.9 Å². The second-order valence-electron chi connectivity index (χ2n) is 1.85. The summed E-state index contributed by atoms with van der Waals surface area (Å²) in [5.74, 6) is 0. The average molecular weight is 624 g/mol. The van der Waals surface area contributed by atoms with E-state index in [4.69, 9.17) is 77.0 Å². The molecular formula is H12K3Mg3N3O16P4. The van der Waals surface area contributed by atoms with Crippen LogP contribution in [0.3, 0.4) is 0 Å². The van der Waals surface area contributed by atoms with Crippen LogP contribution in [0.5, 0.6) is 0 Å². The van der Waals surface area contributed by atoms with Crippen LogP contribution in [0, 0.1) is 0 Å². The van der Waals surface area contributed by atoms with Crippen molar-refractivity contribution < 1.29 is 231 Å². The zero-order chi connectivity index (χ0) is 18.0. The van der Waals surface area contributed by atoms with Crippen molar-refractivity contribution in [3.8, 4) is 0 Å². The zero-order valence-electron chi connectivity index (χ0n) is 15.7. The van der Waals surface area contributed by atoms with Crippen LogP contribution < -0.4 is 217 Å². The summed E-state index contributed by atoms with van der Waals surface area (Å²) in [4.78, 5) is 98.5. The molecule has 0 bridgehead atoms. The fourth-order valence-electron chi connectivity index (χ4n) is 0. The molecule has 0 spiro atoms. The maximum atomic E-state index is 8.88. The first-order valence-corrected chi connectivity index (χ1v) is 8.92. The molecular weight excluding hydrogens is 612 g/mol. The summed E-state index contributed by atoms with van der Waals surface area (Å²) < 4.78 is 34.5. The molecule has 0 saturated carbocycles. The summed E-state index contributed by atoms with van der Waals surface area (Å²) in [6, 6.07) is 0. The van der Waals surface area contributed by atoms with Gasteiger partial charge in [0.25, 0.3) is 0 Å². The second-order valence-corrected chi connectivity index (χ2v) is 5.56. The Balaban J connectivity index is -0.00000000970. The summed E-state index contributed by atoms with van der Waals surface area (Å²) in [5.41, 5.74) is 0. The molecule has 0 unspecified atom stereocenters. The average Bonchev–Trinajstić information content (AvgIpc) is 1.62. The minimum Gasteiger partial charge on any atom is -0.822 e. The maximum absolute atomic E-state index is 8.88. The molecule has 0 amide bonds. The molecule has 0 aliphatic carbocycles. The maximum Gasteiger partial charge on any atom is 2.00 e. The van der Waals surface area contributed by atoms with Gasteiger partial charge in [-0.1, -0.05) is 0 Å². The third kappa shape index (κ3) is 705. The van der Waals surface area contributed by atoms with Gasteiger partial charge in [-0.25, -0.2) is 4.57 Å².